The van der Waals surface area contributed by atoms with E-state index in [0.29, 0.717) is 6.04 Å². The molecule has 2 rings (SSSR count). The number of benzene rings is 1. The quantitative estimate of drug-likeness (QED) is 0.712. The summed E-state index contributed by atoms with van der Waals surface area (Å²) in [6, 6.07) is 5.61. The second-order valence-electron chi connectivity index (χ2n) is 5.62. The van der Waals surface area contributed by atoms with Crippen molar-refractivity contribution in [1.29, 1.82) is 0 Å². The molecule has 3 N–H and O–H groups in total. The molecule has 1 atom stereocenters. The zero-order valence-electron chi connectivity index (χ0n) is 11.7. The average Bonchev–Trinajstić information content (AvgIpc) is 2.44. The molecule has 1 fully saturated rings. The molecule has 3 nitrogen and oxygen atoms in total. The van der Waals surface area contributed by atoms with E-state index in [0.717, 1.165) is 24.4 Å². The summed E-state index contributed by atoms with van der Waals surface area (Å²) in [5.41, 5.74) is 1.02. The monoisotopic (exact) mass is 263 g/mol. The molecule has 0 heterocycles. The molecule has 1 aliphatic carbocycles. The molecule has 0 spiro atoms. The number of aromatic hydroxyl groups is 2. The summed E-state index contributed by atoms with van der Waals surface area (Å²) in [6.45, 7) is 2.99. The first-order valence-corrected chi connectivity index (χ1v) is 7.45. The normalized spacial score (nSPS) is 18.4. The Hall–Kier alpha value is -1.22. The van der Waals surface area contributed by atoms with Crippen molar-refractivity contribution >= 4 is 0 Å². The molecule has 0 aliphatic heterocycles. The van der Waals surface area contributed by atoms with Gasteiger partial charge in [0.2, 0.25) is 0 Å². The number of nitrogens with one attached hydrogen (secondary N) is 1. The van der Waals surface area contributed by atoms with Crippen LogP contribution in [0.25, 0.3) is 0 Å². The largest absolute Gasteiger partial charge is 0.504 e. The Morgan fingerprint density at radius 3 is 2.53 bits per heavy atom. The van der Waals surface area contributed by atoms with Gasteiger partial charge in [0.15, 0.2) is 11.5 Å². The molecule has 1 saturated carbocycles. The Morgan fingerprint density at radius 2 is 1.89 bits per heavy atom. The lowest BCUT2D eigenvalue weighted by atomic mass is 9.83. The zero-order valence-corrected chi connectivity index (χ0v) is 11.7. The van der Waals surface area contributed by atoms with Gasteiger partial charge >= 0.3 is 0 Å². The van der Waals surface area contributed by atoms with Crippen molar-refractivity contribution < 1.29 is 10.2 Å². The smallest absolute Gasteiger partial charge is 0.157 e. The van der Waals surface area contributed by atoms with Crippen LogP contribution < -0.4 is 5.32 Å². The van der Waals surface area contributed by atoms with E-state index in [1.807, 2.05) is 6.07 Å². The summed E-state index contributed by atoms with van der Waals surface area (Å²) in [7, 11) is 0. The van der Waals surface area contributed by atoms with E-state index in [1.165, 1.54) is 32.1 Å². The SMILES string of the molecule is CCC(NCc1ccc(O)c(O)c1)C1CCCCC1. The summed E-state index contributed by atoms with van der Waals surface area (Å²) in [5.74, 6) is 0.706. The maximum Gasteiger partial charge on any atom is 0.157 e. The minimum atomic E-state index is -0.0527. The first-order chi connectivity index (χ1) is 9.20. The third kappa shape index (κ3) is 3.87. The molecule has 0 radical (unpaired) electrons. The van der Waals surface area contributed by atoms with Crippen LogP contribution in [0.1, 0.15) is 51.0 Å². The van der Waals surface area contributed by atoms with Gasteiger partial charge in [-0.1, -0.05) is 32.3 Å². The summed E-state index contributed by atoms with van der Waals surface area (Å²) < 4.78 is 0. The van der Waals surface area contributed by atoms with Crippen LogP contribution >= 0.6 is 0 Å². The van der Waals surface area contributed by atoms with Gasteiger partial charge in [0.05, 0.1) is 0 Å². The van der Waals surface area contributed by atoms with Gasteiger partial charge in [0, 0.05) is 12.6 Å². The maximum atomic E-state index is 9.49. The molecule has 1 aliphatic rings. The summed E-state index contributed by atoms with van der Waals surface area (Å²) in [4.78, 5) is 0. The molecule has 0 bridgehead atoms. The molecule has 3 heteroatoms. The van der Waals surface area contributed by atoms with Crippen molar-refractivity contribution in [1.82, 2.24) is 5.32 Å². The van der Waals surface area contributed by atoms with Crippen LogP contribution in [0.15, 0.2) is 18.2 Å². The standard InChI is InChI=1S/C16H25NO2/c1-2-14(13-6-4-3-5-7-13)17-11-12-8-9-15(18)16(19)10-12/h8-10,13-14,17-19H,2-7,11H2,1H3. The fourth-order valence-electron chi connectivity index (χ4n) is 3.11. The molecule has 106 valence electrons. The molecule has 0 saturated heterocycles. The highest BCUT2D eigenvalue weighted by atomic mass is 16.3. The van der Waals surface area contributed by atoms with E-state index >= 15 is 0 Å². The summed E-state index contributed by atoms with van der Waals surface area (Å²) >= 11 is 0. The second-order valence-corrected chi connectivity index (χ2v) is 5.62. The number of phenols is 2. The lowest BCUT2D eigenvalue weighted by Crippen LogP contribution is -2.36. The van der Waals surface area contributed by atoms with Crippen molar-refractivity contribution in [3.63, 3.8) is 0 Å². The highest BCUT2D eigenvalue weighted by molar-refractivity contribution is 5.40. The molecule has 1 aromatic carbocycles. The van der Waals surface area contributed by atoms with Gasteiger partial charge in [-0.25, -0.2) is 0 Å². The van der Waals surface area contributed by atoms with Gasteiger partial charge < -0.3 is 15.5 Å². The zero-order chi connectivity index (χ0) is 13.7. The average molecular weight is 263 g/mol. The predicted molar refractivity (Wildman–Crippen MR) is 77.3 cm³/mol. The van der Waals surface area contributed by atoms with Crippen molar-refractivity contribution in [3.8, 4) is 11.5 Å². The topological polar surface area (TPSA) is 52.5 Å². The van der Waals surface area contributed by atoms with Crippen molar-refractivity contribution in [2.45, 2.75) is 58.0 Å². The number of phenolic OH excluding ortho intramolecular Hbond substituents is 2. The predicted octanol–water partition coefficient (Wildman–Crippen LogP) is 3.55. The van der Waals surface area contributed by atoms with Crippen LogP contribution in [0.2, 0.25) is 0 Å². The number of rotatable bonds is 5. The Morgan fingerprint density at radius 1 is 1.16 bits per heavy atom. The van der Waals surface area contributed by atoms with Crippen LogP contribution in [0, 0.1) is 5.92 Å². The molecule has 0 amide bonds. The Bertz CT molecular complexity index is 400. The van der Waals surface area contributed by atoms with Gasteiger partial charge in [-0.2, -0.15) is 0 Å². The molecule has 0 aromatic heterocycles. The van der Waals surface area contributed by atoms with Gasteiger partial charge in [-0.15, -0.1) is 0 Å². The van der Waals surface area contributed by atoms with Crippen LogP contribution in [-0.4, -0.2) is 16.3 Å². The van der Waals surface area contributed by atoms with Crippen molar-refractivity contribution in [2.75, 3.05) is 0 Å². The Balaban J connectivity index is 1.89. The lowest BCUT2D eigenvalue weighted by molar-refractivity contribution is 0.261. The van der Waals surface area contributed by atoms with E-state index in [-0.39, 0.29) is 11.5 Å². The van der Waals surface area contributed by atoms with Crippen LogP contribution in [0.4, 0.5) is 0 Å². The minimum Gasteiger partial charge on any atom is -0.504 e. The number of hydrogen-bond donors (Lipinski definition) is 3. The fraction of sp³-hybridized carbons (Fsp3) is 0.625. The Labute approximate surface area is 115 Å². The highest BCUT2D eigenvalue weighted by Gasteiger charge is 2.21. The van der Waals surface area contributed by atoms with Gasteiger partial charge in [-0.05, 0) is 42.9 Å². The maximum absolute atomic E-state index is 9.49. The molecule has 1 unspecified atom stereocenters. The third-order valence-electron chi connectivity index (χ3n) is 4.27. The molecule has 1 aromatic rings. The fourth-order valence-corrected chi connectivity index (χ4v) is 3.11. The molecular formula is C16H25NO2. The van der Waals surface area contributed by atoms with Gasteiger partial charge in [0.25, 0.3) is 0 Å². The summed E-state index contributed by atoms with van der Waals surface area (Å²) in [6.07, 6.45) is 7.94. The van der Waals surface area contributed by atoms with Crippen LogP contribution in [-0.2, 0) is 6.54 Å². The van der Waals surface area contributed by atoms with Gasteiger partial charge in [-0.3, -0.25) is 0 Å². The van der Waals surface area contributed by atoms with Crippen LogP contribution in [0.3, 0.4) is 0 Å². The van der Waals surface area contributed by atoms with Gasteiger partial charge in [0.1, 0.15) is 0 Å². The van der Waals surface area contributed by atoms with E-state index in [2.05, 4.69) is 12.2 Å². The van der Waals surface area contributed by atoms with E-state index < -0.39 is 0 Å². The lowest BCUT2D eigenvalue weighted by Gasteiger charge is -2.30. The highest BCUT2D eigenvalue weighted by Crippen LogP contribution is 2.28. The van der Waals surface area contributed by atoms with Crippen LogP contribution in [0.5, 0.6) is 11.5 Å². The van der Waals surface area contributed by atoms with Crippen molar-refractivity contribution in [2.24, 2.45) is 5.92 Å². The Kier molecular flexibility index (Phi) is 5.08. The number of hydrogen-bond acceptors (Lipinski definition) is 3. The molecule has 19 heavy (non-hydrogen) atoms. The van der Waals surface area contributed by atoms with E-state index in [1.54, 1.807) is 12.1 Å². The van der Waals surface area contributed by atoms with Crippen molar-refractivity contribution in [3.05, 3.63) is 23.8 Å². The third-order valence-corrected chi connectivity index (χ3v) is 4.27. The summed E-state index contributed by atoms with van der Waals surface area (Å²) in [5, 5.41) is 22.4. The van der Waals surface area contributed by atoms with E-state index in [4.69, 9.17) is 0 Å². The second kappa shape index (κ2) is 6.80. The van der Waals surface area contributed by atoms with E-state index in [9.17, 15) is 10.2 Å². The first-order valence-electron chi connectivity index (χ1n) is 7.45. The first kappa shape index (κ1) is 14.2. The molecular weight excluding hydrogens is 238 g/mol. The minimum absolute atomic E-state index is 0.0370.